The van der Waals surface area contributed by atoms with Crippen LogP contribution in [0.3, 0.4) is 0 Å². The Morgan fingerprint density at radius 2 is 1.79 bits per heavy atom. The van der Waals surface area contributed by atoms with E-state index in [2.05, 4.69) is 53.4 Å². The quantitative estimate of drug-likeness (QED) is 0.535. The Hall–Kier alpha value is -3.76. The molecule has 0 radical (unpaired) electrons. The van der Waals surface area contributed by atoms with Crippen LogP contribution >= 0.6 is 0 Å². The van der Waals surface area contributed by atoms with Crippen molar-refractivity contribution in [3.8, 4) is 11.3 Å². The van der Waals surface area contributed by atoms with Crippen molar-refractivity contribution in [3.05, 3.63) is 54.0 Å². The summed E-state index contributed by atoms with van der Waals surface area (Å²) in [6, 6.07) is 10.1. The van der Waals surface area contributed by atoms with Crippen molar-refractivity contribution in [3.63, 3.8) is 0 Å². The van der Waals surface area contributed by atoms with Gasteiger partial charge in [-0.15, -0.1) is 0 Å². The standard InChI is InChI=1S/C28H32N8O2/c1-34-8-10-35(11-9-34)18-2-7-25(29-13-18)33-23-6-5-21(22-14-30-28(37)27(22)23)24-12-26(32-17-31-24)36-15-19-3-4-20(16-36)38-19/h2,5-7,12-13,17,19-20H,3-4,8-11,14-16H2,1H3,(H,29,33)(H,30,37). The number of morpholine rings is 1. The molecule has 196 valence electrons. The third-order valence-electron chi connectivity index (χ3n) is 8.14. The number of nitrogens with zero attached hydrogens (tertiary/aromatic N) is 6. The average molecular weight is 513 g/mol. The zero-order chi connectivity index (χ0) is 25.6. The van der Waals surface area contributed by atoms with Gasteiger partial charge in [-0.3, -0.25) is 4.79 Å². The fourth-order valence-electron chi connectivity index (χ4n) is 6.01. The van der Waals surface area contributed by atoms with E-state index in [0.717, 1.165) is 86.1 Å². The van der Waals surface area contributed by atoms with Gasteiger partial charge in [-0.1, -0.05) is 6.07 Å². The van der Waals surface area contributed by atoms with Gasteiger partial charge in [-0.05, 0) is 43.7 Å². The number of rotatable bonds is 5. The predicted molar refractivity (Wildman–Crippen MR) is 146 cm³/mol. The molecular weight excluding hydrogens is 480 g/mol. The number of aromatic nitrogens is 3. The van der Waals surface area contributed by atoms with E-state index in [1.54, 1.807) is 6.33 Å². The van der Waals surface area contributed by atoms with E-state index in [1.807, 2.05) is 30.5 Å². The van der Waals surface area contributed by atoms with Crippen LogP contribution < -0.4 is 20.4 Å². The maximum atomic E-state index is 12.9. The number of hydrogen-bond acceptors (Lipinski definition) is 9. The minimum atomic E-state index is -0.0857. The number of fused-ring (bicyclic) bond motifs is 3. The summed E-state index contributed by atoms with van der Waals surface area (Å²) in [7, 11) is 2.15. The van der Waals surface area contributed by atoms with E-state index in [-0.39, 0.29) is 18.1 Å². The Balaban J connectivity index is 1.14. The number of nitrogens with one attached hydrogen (secondary N) is 2. The molecular formula is C28H32N8O2. The second-order valence-corrected chi connectivity index (χ2v) is 10.6. The maximum absolute atomic E-state index is 12.9. The molecule has 6 heterocycles. The second kappa shape index (κ2) is 9.52. The van der Waals surface area contributed by atoms with Crippen LogP contribution in [0, 0.1) is 0 Å². The molecule has 10 nitrogen and oxygen atoms in total. The number of benzene rings is 1. The Labute approximate surface area is 222 Å². The number of piperazine rings is 1. The lowest BCUT2D eigenvalue weighted by Gasteiger charge is -2.33. The first-order valence-corrected chi connectivity index (χ1v) is 13.4. The van der Waals surface area contributed by atoms with Crippen molar-refractivity contribution >= 4 is 28.9 Å². The fourth-order valence-corrected chi connectivity index (χ4v) is 6.01. The van der Waals surface area contributed by atoms with E-state index in [1.165, 1.54) is 0 Å². The van der Waals surface area contributed by atoms with E-state index < -0.39 is 0 Å². The van der Waals surface area contributed by atoms with Gasteiger partial charge >= 0.3 is 0 Å². The molecule has 3 fully saturated rings. The fraction of sp³-hybridized carbons (Fsp3) is 0.429. The number of carbonyl (C=O) groups is 1. The molecule has 4 aliphatic heterocycles. The molecule has 1 aromatic carbocycles. The number of pyridine rings is 1. The van der Waals surface area contributed by atoms with Gasteiger partial charge < -0.3 is 30.1 Å². The SMILES string of the molecule is CN1CCN(c2ccc(Nc3ccc(-c4cc(N5CC6CCC(C5)O6)ncn4)c4c3C(=O)NC4)nc2)CC1. The normalized spacial score (nSPS) is 22.9. The van der Waals surface area contributed by atoms with Gasteiger partial charge in [0.1, 0.15) is 18.0 Å². The Morgan fingerprint density at radius 3 is 2.55 bits per heavy atom. The van der Waals surface area contributed by atoms with Crippen molar-refractivity contribution in [1.82, 2.24) is 25.2 Å². The summed E-state index contributed by atoms with van der Waals surface area (Å²) in [4.78, 5) is 33.7. The zero-order valence-corrected chi connectivity index (χ0v) is 21.6. The molecule has 2 atom stereocenters. The Kier molecular flexibility index (Phi) is 5.85. The van der Waals surface area contributed by atoms with Gasteiger partial charge in [0.25, 0.3) is 5.91 Å². The smallest absolute Gasteiger partial charge is 0.254 e. The molecule has 7 rings (SSSR count). The molecule has 2 unspecified atom stereocenters. The third-order valence-corrected chi connectivity index (χ3v) is 8.14. The van der Waals surface area contributed by atoms with Crippen LogP contribution in [0.15, 0.2) is 42.9 Å². The summed E-state index contributed by atoms with van der Waals surface area (Å²) < 4.78 is 5.99. The maximum Gasteiger partial charge on any atom is 0.254 e. The Morgan fingerprint density at radius 1 is 0.974 bits per heavy atom. The molecule has 0 saturated carbocycles. The van der Waals surface area contributed by atoms with Gasteiger partial charge in [-0.25, -0.2) is 15.0 Å². The van der Waals surface area contributed by atoms with Gasteiger partial charge in [0, 0.05) is 57.4 Å². The molecule has 2 bridgehead atoms. The van der Waals surface area contributed by atoms with E-state index >= 15 is 0 Å². The summed E-state index contributed by atoms with van der Waals surface area (Å²) in [5.41, 5.74) is 5.23. The second-order valence-electron chi connectivity index (χ2n) is 10.6. The molecule has 1 amide bonds. The number of amides is 1. The van der Waals surface area contributed by atoms with Gasteiger partial charge in [0.2, 0.25) is 0 Å². The molecule has 3 saturated heterocycles. The highest BCUT2D eigenvalue weighted by Gasteiger charge is 2.34. The van der Waals surface area contributed by atoms with E-state index in [4.69, 9.17) is 4.74 Å². The monoisotopic (exact) mass is 512 g/mol. The summed E-state index contributed by atoms with van der Waals surface area (Å²) in [6.45, 7) is 6.28. The molecule has 0 spiro atoms. The van der Waals surface area contributed by atoms with Crippen molar-refractivity contribution in [2.45, 2.75) is 31.6 Å². The van der Waals surface area contributed by atoms with Gasteiger partial charge in [-0.2, -0.15) is 0 Å². The molecule has 0 aliphatic carbocycles. The summed E-state index contributed by atoms with van der Waals surface area (Å²) in [5.74, 6) is 1.54. The van der Waals surface area contributed by atoms with E-state index in [9.17, 15) is 4.79 Å². The number of hydrogen-bond donors (Lipinski definition) is 2. The lowest BCUT2D eigenvalue weighted by Crippen LogP contribution is -2.44. The largest absolute Gasteiger partial charge is 0.371 e. The van der Waals surface area contributed by atoms with Crippen LogP contribution in [-0.2, 0) is 11.3 Å². The molecule has 10 heteroatoms. The summed E-state index contributed by atoms with van der Waals surface area (Å²) in [5, 5.41) is 6.37. The van der Waals surface area contributed by atoms with Crippen molar-refractivity contribution in [2.24, 2.45) is 0 Å². The van der Waals surface area contributed by atoms with Crippen molar-refractivity contribution < 1.29 is 9.53 Å². The number of ether oxygens (including phenoxy) is 1. The summed E-state index contributed by atoms with van der Waals surface area (Å²) >= 11 is 0. The Bertz CT molecular complexity index is 1340. The molecule has 38 heavy (non-hydrogen) atoms. The van der Waals surface area contributed by atoms with Crippen molar-refractivity contribution in [2.75, 3.05) is 61.4 Å². The van der Waals surface area contributed by atoms with Crippen LogP contribution in [0.2, 0.25) is 0 Å². The lowest BCUT2D eigenvalue weighted by atomic mass is 9.98. The number of likely N-dealkylation sites (N-methyl/N-ethyl adjacent to an activating group) is 1. The van der Waals surface area contributed by atoms with Gasteiger partial charge in [0.15, 0.2) is 0 Å². The zero-order valence-electron chi connectivity index (χ0n) is 21.6. The van der Waals surface area contributed by atoms with Crippen LogP contribution in [0.1, 0.15) is 28.8 Å². The summed E-state index contributed by atoms with van der Waals surface area (Å²) in [6.07, 6.45) is 6.32. The number of carbonyl (C=O) groups excluding carboxylic acids is 1. The molecule has 3 aromatic rings. The topological polar surface area (TPSA) is 98.8 Å². The highest BCUT2D eigenvalue weighted by Crippen LogP contribution is 2.36. The van der Waals surface area contributed by atoms with Crippen LogP contribution in [-0.4, -0.2) is 84.3 Å². The van der Waals surface area contributed by atoms with Crippen LogP contribution in [0.4, 0.5) is 23.0 Å². The molecule has 4 aliphatic rings. The highest BCUT2D eigenvalue weighted by atomic mass is 16.5. The van der Waals surface area contributed by atoms with Crippen molar-refractivity contribution in [1.29, 1.82) is 0 Å². The van der Waals surface area contributed by atoms with Crippen LogP contribution in [0.25, 0.3) is 11.3 Å². The highest BCUT2D eigenvalue weighted by molar-refractivity contribution is 6.06. The number of anilines is 4. The average Bonchev–Trinajstić information content (AvgIpc) is 3.51. The molecule has 2 aromatic heterocycles. The first-order chi connectivity index (χ1) is 18.6. The minimum absolute atomic E-state index is 0.0857. The first kappa shape index (κ1) is 23.4. The van der Waals surface area contributed by atoms with Gasteiger partial charge in [0.05, 0.1) is 41.0 Å². The minimum Gasteiger partial charge on any atom is -0.371 e. The third kappa shape index (κ3) is 4.33. The van der Waals surface area contributed by atoms with E-state index in [0.29, 0.717) is 17.9 Å². The lowest BCUT2D eigenvalue weighted by molar-refractivity contribution is 0.0302. The predicted octanol–water partition coefficient (Wildman–Crippen LogP) is 2.65. The first-order valence-electron chi connectivity index (χ1n) is 13.4. The molecule has 2 N–H and O–H groups in total. The van der Waals surface area contributed by atoms with Crippen LogP contribution in [0.5, 0.6) is 0 Å².